The first-order valence-corrected chi connectivity index (χ1v) is 7.08. The smallest absolute Gasteiger partial charge is 0.0759 e. The summed E-state index contributed by atoms with van der Waals surface area (Å²) in [5.41, 5.74) is 10.1. The van der Waals surface area contributed by atoms with Gasteiger partial charge in [0.25, 0.3) is 0 Å². The molecule has 2 heteroatoms. The maximum absolute atomic E-state index is 5.73. The molecule has 0 saturated carbocycles. The predicted octanol–water partition coefficient (Wildman–Crippen LogP) is 4.01. The van der Waals surface area contributed by atoms with Gasteiger partial charge in [0.05, 0.1) is 4.99 Å². The second-order valence-electron chi connectivity index (χ2n) is 6.09. The highest BCUT2D eigenvalue weighted by Crippen LogP contribution is 2.26. The summed E-state index contributed by atoms with van der Waals surface area (Å²) in [7, 11) is 0. The Kier molecular flexibility index (Phi) is 4.92. The standard InChI is InChI=1S/C16H25NS/c1-6-12-7-8-14(16(3,4)5)10-13(12)9-11(2)15(17)18/h7-8,10-11H,6,9H2,1-5H3,(H2,17,18). The third kappa shape index (κ3) is 3.81. The van der Waals surface area contributed by atoms with Crippen molar-refractivity contribution in [2.24, 2.45) is 11.7 Å². The molecule has 1 rings (SSSR count). The van der Waals surface area contributed by atoms with Gasteiger partial charge in [0.15, 0.2) is 0 Å². The summed E-state index contributed by atoms with van der Waals surface area (Å²) in [5.74, 6) is 0.264. The summed E-state index contributed by atoms with van der Waals surface area (Å²) >= 11 is 5.08. The minimum atomic E-state index is 0.188. The number of nitrogens with two attached hydrogens (primary N) is 1. The number of thiocarbonyl (C=S) groups is 1. The molecule has 0 bridgehead atoms. The molecule has 18 heavy (non-hydrogen) atoms. The Bertz CT molecular complexity index is 429. The summed E-state index contributed by atoms with van der Waals surface area (Å²) in [6, 6.07) is 6.82. The zero-order valence-corrected chi connectivity index (χ0v) is 13.0. The molecule has 0 fully saturated rings. The van der Waals surface area contributed by atoms with Gasteiger partial charge in [-0.2, -0.15) is 0 Å². The lowest BCUT2D eigenvalue weighted by atomic mass is 9.83. The van der Waals surface area contributed by atoms with Gasteiger partial charge in [-0.3, -0.25) is 0 Å². The molecule has 0 heterocycles. The quantitative estimate of drug-likeness (QED) is 0.831. The van der Waals surface area contributed by atoms with E-state index in [4.69, 9.17) is 18.0 Å². The Morgan fingerprint density at radius 1 is 1.28 bits per heavy atom. The fourth-order valence-corrected chi connectivity index (χ4v) is 2.14. The van der Waals surface area contributed by atoms with E-state index in [1.807, 2.05) is 0 Å². The van der Waals surface area contributed by atoms with Gasteiger partial charge < -0.3 is 5.73 Å². The highest BCUT2D eigenvalue weighted by atomic mass is 32.1. The van der Waals surface area contributed by atoms with Crippen molar-refractivity contribution in [2.45, 2.75) is 52.9 Å². The van der Waals surface area contributed by atoms with E-state index in [9.17, 15) is 0 Å². The van der Waals surface area contributed by atoms with Crippen molar-refractivity contribution in [1.82, 2.24) is 0 Å². The van der Waals surface area contributed by atoms with Gasteiger partial charge in [0.2, 0.25) is 0 Å². The molecule has 1 atom stereocenters. The first-order valence-electron chi connectivity index (χ1n) is 6.67. The van der Waals surface area contributed by atoms with Gasteiger partial charge in [0.1, 0.15) is 0 Å². The lowest BCUT2D eigenvalue weighted by Gasteiger charge is -2.22. The fraction of sp³-hybridized carbons (Fsp3) is 0.562. The van der Waals surface area contributed by atoms with E-state index < -0.39 is 0 Å². The molecule has 1 unspecified atom stereocenters. The molecular weight excluding hydrogens is 238 g/mol. The monoisotopic (exact) mass is 263 g/mol. The summed E-state index contributed by atoms with van der Waals surface area (Å²) in [5, 5.41) is 0. The van der Waals surface area contributed by atoms with Crippen LogP contribution in [0.4, 0.5) is 0 Å². The second-order valence-corrected chi connectivity index (χ2v) is 6.57. The predicted molar refractivity (Wildman–Crippen MR) is 84.2 cm³/mol. The van der Waals surface area contributed by atoms with Crippen LogP contribution in [0.3, 0.4) is 0 Å². The SMILES string of the molecule is CCc1ccc(C(C)(C)C)cc1CC(C)C(N)=S. The topological polar surface area (TPSA) is 26.0 Å². The molecule has 0 aromatic heterocycles. The summed E-state index contributed by atoms with van der Waals surface area (Å²) in [4.78, 5) is 0.609. The molecule has 100 valence electrons. The third-order valence-electron chi connectivity index (χ3n) is 3.46. The van der Waals surface area contributed by atoms with Crippen molar-refractivity contribution in [2.75, 3.05) is 0 Å². The molecule has 1 aromatic rings. The Hall–Kier alpha value is -0.890. The molecule has 1 nitrogen and oxygen atoms in total. The third-order valence-corrected chi connectivity index (χ3v) is 3.87. The maximum Gasteiger partial charge on any atom is 0.0759 e. The minimum absolute atomic E-state index is 0.188. The second kappa shape index (κ2) is 5.83. The van der Waals surface area contributed by atoms with E-state index in [0.717, 1.165) is 12.8 Å². The molecule has 0 spiro atoms. The van der Waals surface area contributed by atoms with Gasteiger partial charge in [-0.1, -0.05) is 65.0 Å². The fourth-order valence-electron chi connectivity index (χ4n) is 2.06. The Morgan fingerprint density at radius 2 is 1.89 bits per heavy atom. The lowest BCUT2D eigenvalue weighted by Crippen LogP contribution is -2.21. The van der Waals surface area contributed by atoms with Crippen LogP contribution in [0.25, 0.3) is 0 Å². The first-order chi connectivity index (χ1) is 8.25. The molecule has 2 N–H and O–H groups in total. The highest BCUT2D eigenvalue weighted by Gasteiger charge is 2.16. The molecule has 0 aliphatic heterocycles. The van der Waals surface area contributed by atoms with E-state index in [0.29, 0.717) is 4.99 Å². The van der Waals surface area contributed by atoms with Crippen LogP contribution in [0.2, 0.25) is 0 Å². The van der Waals surface area contributed by atoms with Crippen LogP contribution in [0, 0.1) is 5.92 Å². The number of aryl methyl sites for hydroxylation is 1. The van der Waals surface area contributed by atoms with E-state index in [1.54, 1.807) is 0 Å². The summed E-state index contributed by atoms with van der Waals surface area (Å²) < 4.78 is 0. The summed E-state index contributed by atoms with van der Waals surface area (Å²) in [6.07, 6.45) is 2.01. The number of benzene rings is 1. The zero-order valence-electron chi connectivity index (χ0n) is 12.2. The first kappa shape index (κ1) is 15.2. The van der Waals surface area contributed by atoms with Crippen molar-refractivity contribution in [1.29, 1.82) is 0 Å². The molecule has 0 amide bonds. The highest BCUT2D eigenvalue weighted by molar-refractivity contribution is 7.80. The van der Waals surface area contributed by atoms with Crippen LogP contribution in [0.1, 0.15) is 51.3 Å². The van der Waals surface area contributed by atoms with E-state index in [1.165, 1.54) is 16.7 Å². The van der Waals surface area contributed by atoms with Crippen molar-refractivity contribution in [3.05, 3.63) is 34.9 Å². The molecule has 0 radical (unpaired) electrons. The Balaban J connectivity index is 3.10. The van der Waals surface area contributed by atoms with Crippen molar-refractivity contribution >= 4 is 17.2 Å². The van der Waals surface area contributed by atoms with Gasteiger partial charge >= 0.3 is 0 Å². The Morgan fingerprint density at radius 3 is 2.33 bits per heavy atom. The zero-order chi connectivity index (χ0) is 13.9. The average molecular weight is 263 g/mol. The Labute approximate surface area is 117 Å². The van der Waals surface area contributed by atoms with E-state index in [2.05, 4.69) is 52.8 Å². The van der Waals surface area contributed by atoms with Crippen LogP contribution >= 0.6 is 12.2 Å². The maximum atomic E-state index is 5.73. The van der Waals surface area contributed by atoms with Gasteiger partial charge in [0, 0.05) is 5.92 Å². The van der Waals surface area contributed by atoms with Gasteiger partial charge in [-0.05, 0) is 34.9 Å². The molecule has 0 aliphatic carbocycles. The number of rotatable bonds is 4. The van der Waals surface area contributed by atoms with E-state index >= 15 is 0 Å². The molecule has 0 saturated heterocycles. The average Bonchev–Trinajstić information content (AvgIpc) is 2.27. The van der Waals surface area contributed by atoms with Crippen LogP contribution in [-0.2, 0) is 18.3 Å². The van der Waals surface area contributed by atoms with Crippen LogP contribution < -0.4 is 5.73 Å². The van der Waals surface area contributed by atoms with Gasteiger partial charge in [-0.15, -0.1) is 0 Å². The lowest BCUT2D eigenvalue weighted by molar-refractivity contribution is 0.588. The molecule has 1 aromatic carbocycles. The summed E-state index contributed by atoms with van der Waals surface area (Å²) in [6.45, 7) is 11.0. The number of hydrogen-bond acceptors (Lipinski definition) is 1. The van der Waals surface area contributed by atoms with Gasteiger partial charge in [-0.25, -0.2) is 0 Å². The van der Waals surface area contributed by atoms with Crippen molar-refractivity contribution in [3.8, 4) is 0 Å². The van der Waals surface area contributed by atoms with E-state index in [-0.39, 0.29) is 11.3 Å². The molecule has 0 aliphatic rings. The minimum Gasteiger partial charge on any atom is -0.393 e. The van der Waals surface area contributed by atoms with Crippen molar-refractivity contribution in [3.63, 3.8) is 0 Å². The number of hydrogen-bond donors (Lipinski definition) is 1. The molecular formula is C16H25NS. The van der Waals surface area contributed by atoms with Crippen LogP contribution in [-0.4, -0.2) is 4.99 Å². The van der Waals surface area contributed by atoms with Crippen LogP contribution in [0.15, 0.2) is 18.2 Å². The van der Waals surface area contributed by atoms with Crippen molar-refractivity contribution < 1.29 is 0 Å². The largest absolute Gasteiger partial charge is 0.393 e. The normalized spacial score (nSPS) is 13.4. The van der Waals surface area contributed by atoms with Crippen LogP contribution in [0.5, 0.6) is 0 Å².